The van der Waals surface area contributed by atoms with Crippen molar-refractivity contribution in [3.05, 3.63) is 35.4 Å². The minimum Gasteiger partial charge on any atom is -0.341 e. The second-order valence-electron chi connectivity index (χ2n) is 6.09. The van der Waals surface area contributed by atoms with Crippen molar-refractivity contribution in [2.75, 3.05) is 7.11 Å². The van der Waals surface area contributed by atoms with E-state index >= 15 is 0 Å². The Morgan fingerprint density at radius 3 is 2.95 bits per heavy atom. The molecule has 3 rings (SSSR count). The summed E-state index contributed by atoms with van der Waals surface area (Å²) in [5.74, 6) is -0.0492. The van der Waals surface area contributed by atoms with Crippen LogP contribution in [0.5, 0.6) is 0 Å². The number of fused-ring (bicyclic) bond motifs is 4. The van der Waals surface area contributed by atoms with Crippen LogP contribution in [0.4, 0.5) is 0 Å². The fraction of sp³-hybridized carbons (Fsp3) is 0.588. The summed E-state index contributed by atoms with van der Waals surface area (Å²) in [6.45, 7) is 4.04. The van der Waals surface area contributed by atoms with Crippen molar-refractivity contribution in [3.8, 4) is 0 Å². The molecule has 2 heterocycles. The van der Waals surface area contributed by atoms with Crippen molar-refractivity contribution in [2.24, 2.45) is 0 Å². The van der Waals surface area contributed by atoms with Gasteiger partial charge in [0.25, 0.3) is 0 Å². The van der Waals surface area contributed by atoms with Gasteiger partial charge in [-0.3, -0.25) is 9.63 Å². The largest absolute Gasteiger partial charge is 0.341 e. The Kier molecular flexibility index (Phi) is 4.21. The molecular weight excluding hydrogens is 282 g/mol. The summed E-state index contributed by atoms with van der Waals surface area (Å²) >= 11 is 0. The highest BCUT2D eigenvalue weighted by Crippen LogP contribution is 2.44. The van der Waals surface area contributed by atoms with E-state index in [-0.39, 0.29) is 12.2 Å². The maximum absolute atomic E-state index is 12.2. The molecule has 5 nitrogen and oxygen atoms in total. The highest BCUT2D eigenvalue weighted by atomic mass is 16.8. The Hall–Kier alpha value is -1.43. The first kappa shape index (κ1) is 15.5. The first-order chi connectivity index (χ1) is 10.6. The fourth-order valence-corrected chi connectivity index (χ4v) is 3.42. The lowest BCUT2D eigenvalue weighted by Gasteiger charge is -2.48. The van der Waals surface area contributed by atoms with Crippen LogP contribution in [0, 0.1) is 0 Å². The molecule has 0 radical (unpaired) electrons. The lowest BCUT2D eigenvalue weighted by atomic mass is 9.83. The number of benzene rings is 1. The Labute approximate surface area is 131 Å². The van der Waals surface area contributed by atoms with Gasteiger partial charge in [-0.15, -0.1) is 0 Å². The maximum Gasteiger partial charge on any atom is 0.248 e. The number of amides is 1. The number of nitrogens with zero attached hydrogens (tertiary/aromatic N) is 1. The number of carbonyl (C=O) groups is 1. The van der Waals surface area contributed by atoms with Crippen LogP contribution in [0.3, 0.4) is 0 Å². The van der Waals surface area contributed by atoms with E-state index in [2.05, 4.69) is 19.1 Å². The molecule has 0 aliphatic carbocycles. The van der Waals surface area contributed by atoms with E-state index < -0.39 is 11.8 Å². The van der Waals surface area contributed by atoms with Crippen LogP contribution in [-0.4, -0.2) is 30.6 Å². The van der Waals surface area contributed by atoms with E-state index in [0.717, 1.165) is 6.42 Å². The van der Waals surface area contributed by atoms with Crippen LogP contribution in [0.2, 0.25) is 0 Å². The fourth-order valence-electron chi connectivity index (χ4n) is 3.42. The predicted molar refractivity (Wildman–Crippen MR) is 80.6 cm³/mol. The lowest BCUT2D eigenvalue weighted by Crippen LogP contribution is -2.55. The molecule has 0 N–H and O–H groups in total. The highest BCUT2D eigenvalue weighted by molar-refractivity contribution is 5.75. The standard InChI is InChI=1S/C17H23NO4/c1-4-7-14(19)18(20-3)15-11-17(2)13-9-6-5-8-12(13)10-16(21-15)22-17/h5-6,8-9,15-16H,4,7,10-11H2,1-3H3/t15-,16+,17+/m1/s1. The van der Waals surface area contributed by atoms with E-state index in [4.69, 9.17) is 14.3 Å². The Morgan fingerprint density at radius 2 is 2.23 bits per heavy atom. The molecule has 0 unspecified atom stereocenters. The van der Waals surface area contributed by atoms with Crippen LogP contribution in [-0.2, 0) is 31.1 Å². The third-order valence-electron chi connectivity index (χ3n) is 4.41. The molecule has 1 aromatic rings. The van der Waals surface area contributed by atoms with Gasteiger partial charge in [0.15, 0.2) is 12.5 Å². The molecule has 0 spiro atoms. The molecular formula is C17H23NO4. The number of carbonyl (C=O) groups excluding carboxylic acids is 1. The summed E-state index contributed by atoms with van der Waals surface area (Å²) in [6, 6.07) is 8.27. The molecule has 1 fully saturated rings. The average molecular weight is 305 g/mol. The van der Waals surface area contributed by atoms with Crippen molar-refractivity contribution in [1.29, 1.82) is 0 Å². The number of hydrogen-bond donors (Lipinski definition) is 0. The molecule has 0 aromatic heterocycles. The van der Waals surface area contributed by atoms with Crippen LogP contribution < -0.4 is 0 Å². The zero-order valence-electron chi connectivity index (χ0n) is 13.4. The molecule has 2 bridgehead atoms. The molecule has 1 amide bonds. The minimum atomic E-state index is -0.453. The molecule has 120 valence electrons. The van der Waals surface area contributed by atoms with Gasteiger partial charge in [0.05, 0.1) is 12.7 Å². The third-order valence-corrected chi connectivity index (χ3v) is 4.41. The van der Waals surface area contributed by atoms with Crippen molar-refractivity contribution in [1.82, 2.24) is 5.06 Å². The maximum atomic E-state index is 12.2. The van der Waals surface area contributed by atoms with E-state index in [9.17, 15) is 4.79 Å². The van der Waals surface area contributed by atoms with Gasteiger partial charge in [-0.2, -0.15) is 5.06 Å². The zero-order valence-corrected chi connectivity index (χ0v) is 13.4. The molecule has 5 heteroatoms. The molecule has 22 heavy (non-hydrogen) atoms. The van der Waals surface area contributed by atoms with Crippen LogP contribution in [0.25, 0.3) is 0 Å². The van der Waals surface area contributed by atoms with Crippen molar-refractivity contribution >= 4 is 5.91 Å². The van der Waals surface area contributed by atoms with Gasteiger partial charge in [-0.25, -0.2) is 0 Å². The molecule has 2 aliphatic rings. The molecule has 1 saturated heterocycles. The highest BCUT2D eigenvalue weighted by Gasteiger charge is 2.47. The third kappa shape index (κ3) is 2.64. The van der Waals surface area contributed by atoms with Crippen LogP contribution in [0.1, 0.15) is 44.2 Å². The van der Waals surface area contributed by atoms with Crippen LogP contribution >= 0.6 is 0 Å². The van der Waals surface area contributed by atoms with Gasteiger partial charge in [0.1, 0.15) is 0 Å². The summed E-state index contributed by atoms with van der Waals surface area (Å²) < 4.78 is 12.0. The topological polar surface area (TPSA) is 48.0 Å². The van der Waals surface area contributed by atoms with Gasteiger partial charge in [-0.1, -0.05) is 31.2 Å². The zero-order chi connectivity index (χ0) is 15.7. The van der Waals surface area contributed by atoms with Gasteiger partial charge in [-0.05, 0) is 24.5 Å². The van der Waals surface area contributed by atoms with Crippen molar-refractivity contribution < 1.29 is 19.1 Å². The summed E-state index contributed by atoms with van der Waals surface area (Å²) in [5, 5.41) is 1.37. The SMILES string of the molecule is CCCC(=O)N(OC)[C@H]1C[C@]2(C)O[C@@H](Cc3ccccc32)O1. The smallest absolute Gasteiger partial charge is 0.248 e. The van der Waals surface area contributed by atoms with E-state index in [1.165, 1.54) is 23.3 Å². The van der Waals surface area contributed by atoms with Crippen LogP contribution in [0.15, 0.2) is 24.3 Å². The van der Waals surface area contributed by atoms with Crippen molar-refractivity contribution in [3.63, 3.8) is 0 Å². The summed E-state index contributed by atoms with van der Waals surface area (Å²) in [6.07, 6.45) is 1.73. The summed E-state index contributed by atoms with van der Waals surface area (Å²) in [5.41, 5.74) is 1.98. The second-order valence-corrected chi connectivity index (χ2v) is 6.09. The quantitative estimate of drug-likeness (QED) is 0.803. The van der Waals surface area contributed by atoms with Gasteiger partial charge in [0.2, 0.25) is 5.91 Å². The van der Waals surface area contributed by atoms with Gasteiger partial charge < -0.3 is 9.47 Å². The normalized spacial score (nSPS) is 29.8. The molecule has 2 aliphatic heterocycles. The van der Waals surface area contributed by atoms with E-state index in [1.54, 1.807) is 0 Å². The lowest BCUT2D eigenvalue weighted by molar-refractivity contribution is -0.347. The van der Waals surface area contributed by atoms with Crippen molar-refractivity contribution in [2.45, 2.75) is 57.6 Å². The minimum absolute atomic E-state index is 0.0492. The first-order valence-corrected chi connectivity index (χ1v) is 7.85. The Balaban J connectivity index is 1.86. The molecule has 3 atom stereocenters. The summed E-state index contributed by atoms with van der Waals surface area (Å²) in [4.78, 5) is 17.5. The van der Waals surface area contributed by atoms with E-state index in [0.29, 0.717) is 19.3 Å². The second kappa shape index (κ2) is 5.99. The number of hydrogen-bond acceptors (Lipinski definition) is 4. The van der Waals surface area contributed by atoms with Gasteiger partial charge >= 0.3 is 0 Å². The monoisotopic (exact) mass is 305 g/mol. The van der Waals surface area contributed by atoms with Gasteiger partial charge in [0, 0.05) is 19.3 Å². The number of ether oxygens (including phenoxy) is 2. The summed E-state index contributed by atoms with van der Waals surface area (Å²) in [7, 11) is 1.51. The van der Waals surface area contributed by atoms with E-state index in [1.807, 2.05) is 19.1 Å². The number of hydroxylamine groups is 2. The Bertz CT molecular complexity index is 561. The average Bonchev–Trinajstić information content (AvgIpc) is 2.47. The molecule has 0 saturated carbocycles. The predicted octanol–water partition coefficient (Wildman–Crippen LogP) is 2.74. The molecule has 1 aromatic carbocycles. The first-order valence-electron chi connectivity index (χ1n) is 7.85. The number of rotatable bonds is 4. The Morgan fingerprint density at radius 1 is 1.45 bits per heavy atom.